The van der Waals surface area contributed by atoms with Crippen LogP contribution in [0.4, 0.5) is 0 Å². The molecule has 0 atom stereocenters. The van der Waals surface area contributed by atoms with E-state index in [0.717, 1.165) is 12.1 Å². The molecule has 0 fully saturated rings. The first kappa shape index (κ1) is 23.5. The Morgan fingerprint density at radius 3 is 2.17 bits per heavy atom. The van der Waals surface area contributed by atoms with Gasteiger partial charge in [0, 0.05) is 0 Å². The zero-order valence-corrected chi connectivity index (χ0v) is 24.7. The van der Waals surface area contributed by atoms with E-state index >= 15 is 0 Å². The Kier molecular flexibility index (Phi) is 5.46. The molecule has 0 aliphatic carbocycles. The number of benzene rings is 3. The van der Waals surface area contributed by atoms with Gasteiger partial charge in [-0.15, -0.1) is 0 Å². The van der Waals surface area contributed by atoms with E-state index in [9.17, 15) is 0 Å². The summed E-state index contributed by atoms with van der Waals surface area (Å²) in [5, 5.41) is 5.36. The van der Waals surface area contributed by atoms with Gasteiger partial charge < -0.3 is 0 Å². The summed E-state index contributed by atoms with van der Waals surface area (Å²) in [4.78, 5) is 5.09. The molecule has 0 unspecified atom stereocenters. The Morgan fingerprint density at radius 1 is 0.778 bits per heavy atom. The van der Waals surface area contributed by atoms with Gasteiger partial charge in [-0.2, -0.15) is 0 Å². The van der Waals surface area contributed by atoms with Crippen LogP contribution in [0, 0.1) is 5.92 Å². The predicted octanol–water partition coefficient (Wildman–Crippen LogP) is 8.77. The molecule has 3 aromatic carbocycles. The zero-order valence-electron chi connectivity index (χ0n) is 22.6. The quantitative estimate of drug-likeness (QED) is 0.203. The van der Waals surface area contributed by atoms with Gasteiger partial charge in [0.1, 0.15) is 0 Å². The fourth-order valence-corrected chi connectivity index (χ4v) is 9.44. The second-order valence-corrected chi connectivity index (χ2v) is 22.8. The average Bonchev–Trinajstić information content (AvgIpc) is 3.34. The van der Waals surface area contributed by atoms with Crippen LogP contribution in [0.1, 0.15) is 44.7 Å². The number of rotatable bonds is 5. The van der Waals surface area contributed by atoms with Gasteiger partial charge in [-0.25, -0.2) is 0 Å². The molecule has 0 saturated carbocycles. The predicted molar refractivity (Wildman–Crippen MR) is 160 cm³/mol. The molecular formula is C33H36GeN2. The van der Waals surface area contributed by atoms with Crippen LogP contribution in [-0.2, 0) is 6.42 Å². The van der Waals surface area contributed by atoms with E-state index in [1.54, 1.807) is 4.40 Å². The van der Waals surface area contributed by atoms with E-state index in [-0.39, 0.29) is 0 Å². The van der Waals surface area contributed by atoms with Crippen LogP contribution >= 0.6 is 0 Å². The van der Waals surface area contributed by atoms with Crippen LogP contribution in [0.2, 0.25) is 17.3 Å². The van der Waals surface area contributed by atoms with Crippen LogP contribution in [0.15, 0.2) is 66.9 Å². The Balaban J connectivity index is 1.68. The summed E-state index contributed by atoms with van der Waals surface area (Å²) in [6, 6.07) is 22.8. The number of hydrogen-bond acceptors (Lipinski definition) is 1. The van der Waals surface area contributed by atoms with E-state index in [2.05, 4.69) is 116 Å². The number of nitrogens with zero attached hydrogens (tertiary/aromatic N) is 2. The van der Waals surface area contributed by atoms with E-state index in [0.29, 0.717) is 11.8 Å². The number of para-hydroxylation sites is 2. The molecule has 2 nitrogen and oxygen atoms in total. The molecule has 6 rings (SSSR count). The summed E-state index contributed by atoms with van der Waals surface area (Å²) in [7, 11) is 0. The zero-order chi connectivity index (χ0) is 25.4. The van der Waals surface area contributed by atoms with Gasteiger partial charge in [0.2, 0.25) is 0 Å². The SMILES string of the molecule is CC(C)Cc1cc(-c2cc(C(C)C)c3c(c2)c2cccc4c5ccccc5n3c42)nc[c]1[Ge]([CH3])([CH3])[CH3]. The molecule has 6 aromatic rings. The molecule has 36 heavy (non-hydrogen) atoms. The van der Waals surface area contributed by atoms with E-state index in [1.807, 2.05) is 0 Å². The molecule has 3 heterocycles. The van der Waals surface area contributed by atoms with Crippen molar-refractivity contribution < 1.29 is 0 Å². The standard InChI is InChI=1S/C33H36GeN2/c1-20(2)15-22-18-30(35-19-29(22)34(5,6)7)23-16-27(21(3)4)33-28(17-23)26-13-10-12-25-24-11-8-9-14-31(24)36(33)32(25)26/h8-14,16-21H,15H2,1-7H3. The second-order valence-electron chi connectivity index (χ2n) is 12.2. The molecule has 0 radical (unpaired) electrons. The van der Waals surface area contributed by atoms with Gasteiger partial charge in [-0.1, -0.05) is 6.07 Å². The van der Waals surface area contributed by atoms with Crippen molar-refractivity contribution in [3.05, 3.63) is 78.0 Å². The van der Waals surface area contributed by atoms with Crippen LogP contribution in [-0.4, -0.2) is 22.7 Å². The third-order valence-corrected chi connectivity index (χ3v) is 12.0. The molecule has 3 heteroatoms. The molecule has 182 valence electrons. The Labute approximate surface area is 217 Å². The van der Waals surface area contributed by atoms with Crippen molar-refractivity contribution in [2.75, 3.05) is 0 Å². The summed E-state index contributed by atoms with van der Waals surface area (Å²) < 4.78 is 4.06. The summed E-state index contributed by atoms with van der Waals surface area (Å²) in [6.45, 7) is 9.29. The van der Waals surface area contributed by atoms with Gasteiger partial charge in [0.05, 0.1) is 0 Å². The van der Waals surface area contributed by atoms with Crippen molar-refractivity contribution in [3.8, 4) is 11.3 Å². The van der Waals surface area contributed by atoms with Gasteiger partial charge in [0.25, 0.3) is 0 Å². The van der Waals surface area contributed by atoms with E-state index in [4.69, 9.17) is 4.98 Å². The van der Waals surface area contributed by atoms with Gasteiger partial charge in [-0.3, -0.25) is 0 Å². The molecule has 0 amide bonds. The minimum absolute atomic E-state index is 0.406. The van der Waals surface area contributed by atoms with Gasteiger partial charge in [0.15, 0.2) is 0 Å². The fraction of sp³-hybridized carbons (Fsp3) is 0.303. The number of fused-ring (bicyclic) bond motifs is 6. The van der Waals surface area contributed by atoms with Gasteiger partial charge >= 0.3 is 212 Å². The topological polar surface area (TPSA) is 17.3 Å². The summed E-state index contributed by atoms with van der Waals surface area (Å²) in [5.74, 6) is 8.47. The first-order chi connectivity index (χ1) is 17.1. The van der Waals surface area contributed by atoms with Crippen molar-refractivity contribution in [2.24, 2.45) is 5.92 Å². The molecule has 3 aromatic heterocycles. The van der Waals surface area contributed by atoms with Crippen molar-refractivity contribution in [3.63, 3.8) is 0 Å². The molecule has 0 bridgehead atoms. The summed E-state index contributed by atoms with van der Waals surface area (Å²) in [6.07, 6.45) is 3.33. The molecule has 0 saturated heterocycles. The number of hydrogen-bond donors (Lipinski definition) is 0. The van der Waals surface area contributed by atoms with Crippen LogP contribution in [0.25, 0.3) is 49.4 Å². The maximum absolute atomic E-state index is 5.09. The Morgan fingerprint density at radius 2 is 1.47 bits per heavy atom. The summed E-state index contributed by atoms with van der Waals surface area (Å²) in [5.41, 5.74) is 9.25. The van der Waals surface area contributed by atoms with Gasteiger partial charge in [-0.05, 0) is 0 Å². The number of pyridine rings is 1. The average molecular weight is 533 g/mol. The third kappa shape index (κ3) is 3.56. The molecule has 0 aliphatic rings. The Hall–Kier alpha value is -2.85. The van der Waals surface area contributed by atoms with Crippen LogP contribution in [0.3, 0.4) is 0 Å². The molecular weight excluding hydrogens is 497 g/mol. The third-order valence-electron chi connectivity index (χ3n) is 7.69. The molecule has 0 spiro atoms. The van der Waals surface area contributed by atoms with Crippen molar-refractivity contribution in [2.45, 2.75) is 57.3 Å². The van der Waals surface area contributed by atoms with Crippen molar-refractivity contribution in [1.82, 2.24) is 9.38 Å². The number of aromatic nitrogens is 2. The van der Waals surface area contributed by atoms with E-state index < -0.39 is 13.3 Å². The minimum atomic E-state index is -2.02. The second kappa shape index (κ2) is 8.34. The first-order valence-corrected chi connectivity index (χ1v) is 20.7. The first-order valence-electron chi connectivity index (χ1n) is 13.4. The van der Waals surface area contributed by atoms with Crippen molar-refractivity contribution >= 4 is 55.8 Å². The molecule has 0 N–H and O–H groups in total. The van der Waals surface area contributed by atoms with Crippen LogP contribution < -0.4 is 4.40 Å². The fourth-order valence-electron chi connectivity index (χ4n) is 6.11. The normalized spacial score (nSPS) is 12.9. The van der Waals surface area contributed by atoms with Crippen molar-refractivity contribution in [1.29, 1.82) is 0 Å². The van der Waals surface area contributed by atoms with E-state index in [1.165, 1.54) is 54.8 Å². The van der Waals surface area contributed by atoms with Crippen LogP contribution in [0.5, 0.6) is 0 Å². The molecule has 0 aliphatic heterocycles. The Bertz CT molecular complexity index is 1750. The monoisotopic (exact) mass is 534 g/mol. The summed E-state index contributed by atoms with van der Waals surface area (Å²) >= 11 is -2.02. The maximum atomic E-state index is 5.09.